The van der Waals surface area contributed by atoms with Crippen LogP contribution in [0.5, 0.6) is 0 Å². The van der Waals surface area contributed by atoms with Gasteiger partial charge in [0.05, 0.1) is 0 Å². The van der Waals surface area contributed by atoms with Crippen molar-refractivity contribution in [3.05, 3.63) is 34.9 Å². The number of piperidine rings is 1. The van der Waals surface area contributed by atoms with Crippen molar-refractivity contribution in [1.29, 1.82) is 0 Å². The van der Waals surface area contributed by atoms with E-state index < -0.39 is 0 Å². The first-order valence-corrected chi connectivity index (χ1v) is 6.83. The summed E-state index contributed by atoms with van der Waals surface area (Å²) in [5.41, 5.74) is 1.31. The normalized spacial score (nSPS) is 18.1. The third-order valence-electron chi connectivity index (χ3n) is 3.54. The van der Waals surface area contributed by atoms with Gasteiger partial charge in [-0.05, 0) is 63.0 Å². The summed E-state index contributed by atoms with van der Waals surface area (Å²) in [4.78, 5) is 0. The fourth-order valence-electron chi connectivity index (χ4n) is 2.30. The van der Waals surface area contributed by atoms with E-state index in [-0.39, 0.29) is 12.4 Å². The lowest BCUT2D eigenvalue weighted by Crippen LogP contribution is -2.34. The summed E-state index contributed by atoms with van der Waals surface area (Å²) in [6.07, 6.45) is 2.58. The first-order valence-electron chi connectivity index (χ1n) is 6.45. The molecule has 2 rings (SSSR count). The van der Waals surface area contributed by atoms with E-state index in [4.69, 9.17) is 11.6 Å². The molecule has 0 aromatic heterocycles. The van der Waals surface area contributed by atoms with Gasteiger partial charge in [0, 0.05) is 11.1 Å². The molecule has 0 spiro atoms. The Morgan fingerprint density at radius 2 is 1.89 bits per heavy atom. The predicted octanol–water partition coefficient (Wildman–Crippen LogP) is 3.41. The van der Waals surface area contributed by atoms with Gasteiger partial charge in [-0.3, -0.25) is 0 Å². The van der Waals surface area contributed by atoms with Gasteiger partial charge in [-0.1, -0.05) is 23.7 Å². The minimum Gasteiger partial charge on any atom is -0.317 e. The summed E-state index contributed by atoms with van der Waals surface area (Å²) in [5, 5.41) is 7.82. The fraction of sp³-hybridized carbons (Fsp3) is 0.571. The van der Waals surface area contributed by atoms with Crippen molar-refractivity contribution in [3.63, 3.8) is 0 Å². The van der Waals surface area contributed by atoms with E-state index in [2.05, 4.69) is 29.7 Å². The van der Waals surface area contributed by atoms with Crippen LogP contribution in [0.4, 0.5) is 0 Å². The van der Waals surface area contributed by atoms with Gasteiger partial charge in [-0.25, -0.2) is 0 Å². The first kappa shape index (κ1) is 15.8. The standard InChI is InChI=1S/C14H21ClN2.ClH/c1-11(13-2-4-14(15)5-3-13)17-10-12-6-8-16-9-7-12;/h2-5,11-12,16-17H,6-10H2,1H3;1H. The molecule has 1 aliphatic heterocycles. The van der Waals surface area contributed by atoms with Crippen LogP contribution in [0, 0.1) is 5.92 Å². The predicted molar refractivity (Wildman–Crippen MR) is 80.7 cm³/mol. The number of rotatable bonds is 4. The molecular formula is C14H22Cl2N2. The lowest BCUT2D eigenvalue weighted by Gasteiger charge is -2.25. The Labute approximate surface area is 121 Å². The van der Waals surface area contributed by atoms with Gasteiger partial charge in [0.1, 0.15) is 0 Å². The molecule has 0 aliphatic carbocycles. The summed E-state index contributed by atoms with van der Waals surface area (Å²) in [7, 11) is 0. The molecule has 1 heterocycles. The minimum atomic E-state index is 0. The summed E-state index contributed by atoms with van der Waals surface area (Å²) in [6, 6.07) is 8.52. The van der Waals surface area contributed by atoms with Crippen LogP contribution in [0.15, 0.2) is 24.3 Å². The molecule has 1 aromatic rings. The number of hydrogen-bond acceptors (Lipinski definition) is 2. The lowest BCUT2D eigenvalue weighted by molar-refractivity contribution is 0.345. The Hall–Kier alpha value is -0.280. The number of halogens is 2. The van der Waals surface area contributed by atoms with Crippen LogP contribution < -0.4 is 10.6 Å². The quantitative estimate of drug-likeness (QED) is 0.887. The fourth-order valence-corrected chi connectivity index (χ4v) is 2.42. The highest BCUT2D eigenvalue weighted by Crippen LogP contribution is 2.17. The molecule has 0 saturated carbocycles. The number of nitrogens with one attached hydrogen (secondary N) is 2. The van der Waals surface area contributed by atoms with Crippen molar-refractivity contribution in [2.45, 2.75) is 25.8 Å². The van der Waals surface area contributed by atoms with Gasteiger partial charge in [0.15, 0.2) is 0 Å². The van der Waals surface area contributed by atoms with E-state index in [1.807, 2.05) is 12.1 Å². The van der Waals surface area contributed by atoms with E-state index in [9.17, 15) is 0 Å². The van der Waals surface area contributed by atoms with E-state index >= 15 is 0 Å². The summed E-state index contributed by atoms with van der Waals surface area (Å²) in [5.74, 6) is 0.825. The maximum Gasteiger partial charge on any atom is 0.0406 e. The highest BCUT2D eigenvalue weighted by Gasteiger charge is 2.14. The lowest BCUT2D eigenvalue weighted by atomic mass is 9.97. The summed E-state index contributed by atoms with van der Waals surface area (Å²) in [6.45, 7) is 5.67. The van der Waals surface area contributed by atoms with Crippen molar-refractivity contribution in [2.24, 2.45) is 5.92 Å². The second-order valence-corrected chi connectivity index (χ2v) is 5.31. The monoisotopic (exact) mass is 288 g/mol. The zero-order valence-corrected chi connectivity index (χ0v) is 12.4. The van der Waals surface area contributed by atoms with Gasteiger partial charge in [0.2, 0.25) is 0 Å². The van der Waals surface area contributed by atoms with Gasteiger partial charge in [-0.15, -0.1) is 12.4 Å². The Morgan fingerprint density at radius 1 is 1.28 bits per heavy atom. The largest absolute Gasteiger partial charge is 0.317 e. The van der Waals surface area contributed by atoms with E-state index in [0.717, 1.165) is 17.5 Å². The molecule has 1 fully saturated rings. The Bertz CT molecular complexity index is 334. The highest BCUT2D eigenvalue weighted by atomic mass is 35.5. The first-order chi connectivity index (χ1) is 8.25. The van der Waals surface area contributed by atoms with E-state index in [1.165, 1.54) is 31.5 Å². The zero-order chi connectivity index (χ0) is 12.1. The average molecular weight is 289 g/mol. The van der Waals surface area contributed by atoms with Crippen LogP contribution in [0.2, 0.25) is 5.02 Å². The second kappa shape index (κ2) is 8.00. The van der Waals surface area contributed by atoms with Crippen LogP contribution in [0.1, 0.15) is 31.4 Å². The van der Waals surface area contributed by atoms with Crippen LogP contribution in [0.25, 0.3) is 0 Å². The number of benzene rings is 1. The minimum absolute atomic E-state index is 0. The molecule has 0 amide bonds. The molecule has 1 aromatic carbocycles. The molecule has 18 heavy (non-hydrogen) atoms. The molecule has 0 bridgehead atoms. The average Bonchev–Trinajstić information content (AvgIpc) is 2.38. The molecular weight excluding hydrogens is 267 g/mol. The van der Waals surface area contributed by atoms with Crippen molar-refractivity contribution >= 4 is 24.0 Å². The van der Waals surface area contributed by atoms with Crippen molar-refractivity contribution < 1.29 is 0 Å². The maximum atomic E-state index is 5.89. The van der Waals surface area contributed by atoms with Crippen molar-refractivity contribution in [2.75, 3.05) is 19.6 Å². The second-order valence-electron chi connectivity index (χ2n) is 4.87. The molecule has 2 nitrogen and oxygen atoms in total. The summed E-state index contributed by atoms with van der Waals surface area (Å²) < 4.78 is 0. The molecule has 1 atom stereocenters. The van der Waals surface area contributed by atoms with Crippen LogP contribution in [-0.4, -0.2) is 19.6 Å². The SMILES string of the molecule is CC(NCC1CCNCC1)c1ccc(Cl)cc1.Cl. The van der Waals surface area contributed by atoms with Gasteiger partial charge in [-0.2, -0.15) is 0 Å². The molecule has 102 valence electrons. The van der Waals surface area contributed by atoms with Gasteiger partial charge >= 0.3 is 0 Å². The smallest absolute Gasteiger partial charge is 0.0406 e. The van der Waals surface area contributed by atoms with Crippen molar-refractivity contribution in [3.8, 4) is 0 Å². The van der Waals surface area contributed by atoms with Gasteiger partial charge < -0.3 is 10.6 Å². The molecule has 1 saturated heterocycles. The van der Waals surface area contributed by atoms with Gasteiger partial charge in [0.25, 0.3) is 0 Å². The molecule has 4 heteroatoms. The molecule has 1 aliphatic rings. The Balaban J connectivity index is 0.00000162. The van der Waals surface area contributed by atoms with Crippen LogP contribution >= 0.6 is 24.0 Å². The van der Waals surface area contributed by atoms with Crippen molar-refractivity contribution in [1.82, 2.24) is 10.6 Å². The molecule has 2 N–H and O–H groups in total. The Morgan fingerprint density at radius 3 is 2.50 bits per heavy atom. The maximum absolute atomic E-state index is 5.89. The molecule has 1 unspecified atom stereocenters. The Kier molecular flexibility index (Phi) is 7.02. The van der Waals surface area contributed by atoms with Crippen LogP contribution in [0.3, 0.4) is 0 Å². The van der Waals surface area contributed by atoms with E-state index in [1.54, 1.807) is 0 Å². The highest BCUT2D eigenvalue weighted by molar-refractivity contribution is 6.30. The zero-order valence-electron chi connectivity index (χ0n) is 10.8. The molecule has 0 radical (unpaired) electrons. The summed E-state index contributed by atoms with van der Waals surface area (Å²) >= 11 is 5.89. The third-order valence-corrected chi connectivity index (χ3v) is 3.79. The number of hydrogen-bond donors (Lipinski definition) is 2. The van der Waals surface area contributed by atoms with E-state index in [0.29, 0.717) is 6.04 Å². The topological polar surface area (TPSA) is 24.1 Å². The third kappa shape index (κ3) is 4.77. The van der Waals surface area contributed by atoms with Crippen LogP contribution in [-0.2, 0) is 0 Å².